The molecule has 6 nitrogen and oxygen atoms in total. The maximum absolute atomic E-state index is 6.63. The first kappa shape index (κ1) is 21.5. The molecule has 0 radical (unpaired) electrons. The largest absolute Gasteiger partial charge is 0.365 e. The molecule has 0 spiro atoms. The van der Waals surface area contributed by atoms with Gasteiger partial charge in [0.15, 0.2) is 5.16 Å². The maximum atomic E-state index is 6.63. The molecule has 0 N–H and O–H groups in total. The van der Waals surface area contributed by atoms with Crippen LogP contribution in [0.3, 0.4) is 0 Å². The summed E-state index contributed by atoms with van der Waals surface area (Å²) in [4.78, 5) is 19.2. The molecule has 2 aromatic carbocycles. The summed E-state index contributed by atoms with van der Waals surface area (Å²) >= 11 is 8.23. The number of fused-ring (bicyclic) bond motifs is 3. The molecule has 4 heterocycles. The maximum Gasteiger partial charge on any atom is 0.189 e. The fourth-order valence-corrected chi connectivity index (χ4v) is 5.80. The third-order valence-electron chi connectivity index (χ3n) is 6.78. The minimum Gasteiger partial charge on any atom is -0.365 e. The van der Waals surface area contributed by atoms with Gasteiger partial charge < -0.3 is 14.4 Å². The van der Waals surface area contributed by atoms with Gasteiger partial charge in [-0.05, 0) is 36.3 Å². The van der Waals surface area contributed by atoms with Crippen molar-refractivity contribution >= 4 is 51.7 Å². The summed E-state index contributed by atoms with van der Waals surface area (Å²) in [6.45, 7) is 8.10. The number of hydrogen-bond acceptors (Lipinski definition) is 6. The smallest absolute Gasteiger partial charge is 0.189 e. The van der Waals surface area contributed by atoms with Gasteiger partial charge in [0.25, 0.3) is 0 Å². The number of nitrogens with zero attached hydrogens (tertiary/aromatic N) is 6. The third kappa shape index (κ3) is 3.54. The second-order valence-electron chi connectivity index (χ2n) is 8.63. The zero-order valence-corrected chi connectivity index (χ0v) is 20.6. The van der Waals surface area contributed by atoms with Gasteiger partial charge in [0, 0.05) is 36.3 Å². The van der Waals surface area contributed by atoms with Crippen molar-refractivity contribution in [2.45, 2.75) is 31.2 Å². The second-order valence-corrected chi connectivity index (χ2v) is 9.81. The number of aromatic nitrogens is 4. The van der Waals surface area contributed by atoms with Gasteiger partial charge in [-0.25, -0.2) is 15.0 Å². The Bertz CT molecular complexity index is 1410. The van der Waals surface area contributed by atoms with E-state index in [4.69, 9.17) is 21.6 Å². The number of halogens is 1. The summed E-state index contributed by atoms with van der Waals surface area (Å²) in [6, 6.07) is 12.5. The number of thioether (sulfide) groups is 1. The van der Waals surface area contributed by atoms with Gasteiger partial charge >= 0.3 is 0 Å². The molecule has 6 rings (SSSR count). The third-order valence-corrected chi connectivity index (χ3v) is 7.64. The Balaban J connectivity index is 1.37. The van der Waals surface area contributed by atoms with Gasteiger partial charge in [0.05, 0.1) is 35.7 Å². The lowest BCUT2D eigenvalue weighted by Gasteiger charge is -2.35. The summed E-state index contributed by atoms with van der Waals surface area (Å²) < 4.78 is 2.25. The Kier molecular flexibility index (Phi) is 5.46. The molecule has 0 unspecified atom stereocenters. The normalized spacial score (nSPS) is 15.4. The quantitative estimate of drug-likeness (QED) is 0.282. The molecule has 0 bridgehead atoms. The van der Waals surface area contributed by atoms with Crippen LogP contribution in [-0.4, -0.2) is 38.9 Å². The van der Waals surface area contributed by atoms with E-state index in [1.165, 1.54) is 16.9 Å². The molecule has 0 saturated carbocycles. The van der Waals surface area contributed by atoms with Crippen LogP contribution < -0.4 is 9.80 Å². The lowest BCUT2D eigenvalue weighted by atomic mass is 10.0. The molecule has 4 aromatic rings. The Morgan fingerprint density at radius 3 is 2.71 bits per heavy atom. The molecule has 0 atom stereocenters. The SMILES string of the molecule is C=Cc1ncc2n1CCN(c1nc(SC)nc3c1CCN(c1cccc4cccc(Cl)c14)C3)C2. The lowest BCUT2D eigenvalue weighted by molar-refractivity contribution is 0.556. The number of hydrogen-bond donors (Lipinski definition) is 0. The van der Waals surface area contributed by atoms with E-state index in [0.29, 0.717) is 0 Å². The van der Waals surface area contributed by atoms with Crippen LogP contribution in [0.1, 0.15) is 22.8 Å². The molecule has 172 valence electrons. The van der Waals surface area contributed by atoms with Gasteiger partial charge in [-0.1, -0.05) is 54.2 Å². The zero-order chi connectivity index (χ0) is 23.2. The van der Waals surface area contributed by atoms with E-state index in [-0.39, 0.29) is 0 Å². The van der Waals surface area contributed by atoms with E-state index >= 15 is 0 Å². The van der Waals surface area contributed by atoms with E-state index in [1.54, 1.807) is 11.8 Å². The van der Waals surface area contributed by atoms with Crippen LogP contribution in [0, 0.1) is 0 Å². The Morgan fingerprint density at radius 1 is 1.03 bits per heavy atom. The fourth-order valence-electron chi connectivity index (χ4n) is 5.14. The molecular formula is C26H25ClN6S. The average Bonchev–Trinajstić information content (AvgIpc) is 3.30. The van der Waals surface area contributed by atoms with E-state index in [1.807, 2.05) is 30.7 Å². The van der Waals surface area contributed by atoms with Gasteiger partial charge in [-0.15, -0.1) is 0 Å². The standard InChI is InChI=1S/C26H25ClN6S/c1-3-23-28-14-18-15-32(12-13-33(18)23)25-19-10-11-31(16-21(19)29-26(30-25)34-2)22-9-5-7-17-6-4-8-20(27)24(17)22/h3-9,14H,1,10-13,15-16H2,2H3. The van der Waals surface area contributed by atoms with Crippen molar-refractivity contribution in [1.29, 1.82) is 0 Å². The summed E-state index contributed by atoms with van der Waals surface area (Å²) in [5, 5.41) is 3.87. The topological polar surface area (TPSA) is 50.1 Å². The van der Waals surface area contributed by atoms with Crippen LogP contribution in [0.2, 0.25) is 5.02 Å². The van der Waals surface area contributed by atoms with Crippen molar-refractivity contribution in [3.05, 3.63) is 77.0 Å². The molecular weight excluding hydrogens is 464 g/mol. The van der Waals surface area contributed by atoms with Crippen LogP contribution >= 0.6 is 23.4 Å². The molecule has 2 aromatic heterocycles. The molecule has 2 aliphatic rings. The first-order valence-electron chi connectivity index (χ1n) is 11.4. The fraction of sp³-hybridized carbons (Fsp3) is 0.269. The van der Waals surface area contributed by atoms with Crippen molar-refractivity contribution in [2.75, 3.05) is 29.1 Å². The highest BCUT2D eigenvalue weighted by Gasteiger charge is 2.28. The van der Waals surface area contributed by atoms with Crippen molar-refractivity contribution in [3.63, 3.8) is 0 Å². The summed E-state index contributed by atoms with van der Waals surface area (Å²) in [5.74, 6) is 2.01. The molecule has 0 amide bonds. The summed E-state index contributed by atoms with van der Waals surface area (Å²) in [6.07, 6.45) is 6.72. The first-order chi connectivity index (χ1) is 16.7. The van der Waals surface area contributed by atoms with Crippen LogP contribution in [0.15, 0.2) is 54.3 Å². The van der Waals surface area contributed by atoms with Crippen molar-refractivity contribution in [3.8, 4) is 0 Å². The Morgan fingerprint density at radius 2 is 1.88 bits per heavy atom. The van der Waals surface area contributed by atoms with Crippen LogP contribution in [-0.2, 0) is 26.1 Å². The molecule has 8 heteroatoms. The average molecular weight is 489 g/mol. The minimum absolute atomic E-state index is 0.745. The van der Waals surface area contributed by atoms with E-state index in [2.05, 4.69) is 50.2 Å². The number of benzene rings is 2. The predicted octanol–water partition coefficient (Wildman–Crippen LogP) is 5.43. The van der Waals surface area contributed by atoms with E-state index in [0.717, 1.165) is 77.4 Å². The van der Waals surface area contributed by atoms with Crippen LogP contribution in [0.5, 0.6) is 0 Å². The monoisotopic (exact) mass is 488 g/mol. The highest BCUT2D eigenvalue weighted by atomic mass is 35.5. The minimum atomic E-state index is 0.745. The summed E-state index contributed by atoms with van der Waals surface area (Å²) in [5.41, 5.74) is 4.73. The van der Waals surface area contributed by atoms with Crippen LogP contribution in [0.25, 0.3) is 16.8 Å². The predicted molar refractivity (Wildman–Crippen MR) is 141 cm³/mol. The molecule has 2 aliphatic heterocycles. The van der Waals surface area contributed by atoms with Gasteiger partial charge in [-0.3, -0.25) is 0 Å². The lowest BCUT2D eigenvalue weighted by Crippen LogP contribution is -2.38. The van der Waals surface area contributed by atoms with Gasteiger partial charge in [0.1, 0.15) is 11.6 Å². The number of imidazole rings is 1. The zero-order valence-electron chi connectivity index (χ0n) is 19.0. The molecule has 0 saturated heterocycles. The summed E-state index contributed by atoms with van der Waals surface area (Å²) in [7, 11) is 0. The first-order valence-corrected chi connectivity index (χ1v) is 13.0. The number of rotatable bonds is 4. The Hall–Kier alpha value is -3.03. The Labute approximate surface area is 208 Å². The van der Waals surface area contributed by atoms with Crippen LogP contribution in [0.4, 0.5) is 11.5 Å². The van der Waals surface area contributed by atoms with Crippen molar-refractivity contribution in [2.24, 2.45) is 0 Å². The second kappa shape index (κ2) is 8.64. The van der Waals surface area contributed by atoms with Gasteiger partial charge in [-0.2, -0.15) is 0 Å². The highest BCUT2D eigenvalue weighted by Crippen LogP contribution is 2.37. The molecule has 34 heavy (non-hydrogen) atoms. The van der Waals surface area contributed by atoms with E-state index < -0.39 is 0 Å². The van der Waals surface area contributed by atoms with Crippen molar-refractivity contribution < 1.29 is 0 Å². The van der Waals surface area contributed by atoms with Gasteiger partial charge in [0.2, 0.25) is 0 Å². The van der Waals surface area contributed by atoms with E-state index in [9.17, 15) is 0 Å². The highest BCUT2D eigenvalue weighted by molar-refractivity contribution is 7.98. The van der Waals surface area contributed by atoms with Crippen molar-refractivity contribution in [1.82, 2.24) is 19.5 Å². The molecule has 0 aliphatic carbocycles. The molecule has 0 fully saturated rings. The number of anilines is 2.